The molecule has 4 heteroatoms. The number of hydrogen-bond acceptors (Lipinski definition) is 3. The minimum atomic E-state index is -0.790. The summed E-state index contributed by atoms with van der Waals surface area (Å²) in [4.78, 5) is 4.06. The van der Waals surface area contributed by atoms with Gasteiger partial charge in [0.1, 0.15) is 5.54 Å². The van der Waals surface area contributed by atoms with Gasteiger partial charge in [-0.3, -0.25) is 4.98 Å². The second kappa shape index (κ2) is 5.19. The molecule has 1 atom stereocenters. The van der Waals surface area contributed by atoms with E-state index >= 15 is 0 Å². The molecule has 0 aliphatic heterocycles. The standard InChI is InChI=1S/C14H12BrN3/c1-14(10-16,11-3-2-8-17-9-11)18-13-6-4-12(15)5-7-13/h2-9,18H,1H3. The fraction of sp³-hybridized carbons (Fsp3) is 0.143. The Bertz CT molecular complexity index is 560. The first-order valence-electron chi connectivity index (χ1n) is 5.49. The zero-order valence-electron chi connectivity index (χ0n) is 9.89. The highest BCUT2D eigenvalue weighted by atomic mass is 79.9. The number of halogens is 1. The maximum Gasteiger partial charge on any atom is 0.149 e. The molecular formula is C14H12BrN3. The molecule has 1 aromatic heterocycles. The number of nitrogens with one attached hydrogen (secondary N) is 1. The van der Waals surface area contributed by atoms with Crippen LogP contribution in [0.4, 0.5) is 5.69 Å². The number of pyridine rings is 1. The smallest absolute Gasteiger partial charge is 0.149 e. The Kier molecular flexibility index (Phi) is 3.63. The minimum Gasteiger partial charge on any atom is -0.364 e. The highest BCUT2D eigenvalue weighted by Gasteiger charge is 2.26. The van der Waals surface area contributed by atoms with Crippen LogP contribution in [-0.4, -0.2) is 4.98 Å². The van der Waals surface area contributed by atoms with E-state index in [2.05, 4.69) is 32.3 Å². The van der Waals surface area contributed by atoms with Crippen molar-refractivity contribution in [2.75, 3.05) is 5.32 Å². The molecule has 1 aromatic carbocycles. The molecule has 0 aliphatic rings. The molecule has 0 spiro atoms. The number of nitrogens with zero attached hydrogens (tertiary/aromatic N) is 2. The lowest BCUT2D eigenvalue weighted by Crippen LogP contribution is -2.30. The zero-order chi connectivity index (χ0) is 13.0. The third-order valence-electron chi connectivity index (χ3n) is 2.70. The van der Waals surface area contributed by atoms with Crippen LogP contribution in [0.5, 0.6) is 0 Å². The lowest BCUT2D eigenvalue weighted by Gasteiger charge is -2.24. The van der Waals surface area contributed by atoms with E-state index in [1.165, 1.54) is 0 Å². The SMILES string of the molecule is CC(C#N)(Nc1ccc(Br)cc1)c1cccnc1. The third kappa shape index (κ3) is 2.69. The lowest BCUT2D eigenvalue weighted by atomic mass is 9.95. The van der Waals surface area contributed by atoms with E-state index in [4.69, 9.17) is 0 Å². The van der Waals surface area contributed by atoms with Crippen molar-refractivity contribution < 1.29 is 0 Å². The van der Waals surface area contributed by atoms with Gasteiger partial charge >= 0.3 is 0 Å². The minimum absolute atomic E-state index is 0.790. The molecule has 90 valence electrons. The Morgan fingerprint density at radius 3 is 2.56 bits per heavy atom. The van der Waals surface area contributed by atoms with Crippen molar-refractivity contribution >= 4 is 21.6 Å². The first-order valence-corrected chi connectivity index (χ1v) is 6.29. The number of nitriles is 1. The van der Waals surface area contributed by atoms with E-state index in [1.54, 1.807) is 12.4 Å². The molecule has 1 N–H and O–H groups in total. The van der Waals surface area contributed by atoms with Crippen LogP contribution in [0.2, 0.25) is 0 Å². The van der Waals surface area contributed by atoms with E-state index < -0.39 is 5.54 Å². The van der Waals surface area contributed by atoms with Crippen molar-refractivity contribution in [3.8, 4) is 6.07 Å². The lowest BCUT2D eigenvalue weighted by molar-refractivity contribution is 0.702. The maximum absolute atomic E-state index is 9.41. The van der Waals surface area contributed by atoms with Crippen molar-refractivity contribution in [1.82, 2.24) is 4.98 Å². The fourth-order valence-corrected chi connectivity index (χ4v) is 1.91. The molecule has 1 heterocycles. The van der Waals surface area contributed by atoms with Gasteiger partial charge in [-0.1, -0.05) is 22.0 Å². The Morgan fingerprint density at radius 2 is 2.00 bits per heavy atom. The van der Waals surface area contributed by atoms with Crippen LogP contribution < -0.4 is 5.32 Å². The van der Waals surface area contributed by atoms with Gasteiger partial charge in [0.05, 0.1) is 6.07 Å². The summed E-state index contributed by atoms with van der Waals surface area (Å²) >= 11 is 3.38. The molecule has 18 heavy (non-hydrogen) atoms. The van der Waals surface area contributed by atoms with Gasteiger partial charge < -0.3 is 5.32 Å². The fourth-order valence-electron chi connectivity index (χ4n) is 1.65. The third-order valence-corrected chi connectivity index (χ3v) is 3.23. The van der Waals surface area contributed by atoms with Crippen molar-refractivity contribution in [2.24, 2.45) is 0 Å². The Balaban J connectivity index is 2.30. The molecule has 3 nitrogen and oxygen atoms in total. The summed E-state index contributed by atoms with van der Waals surface area (Å²) in [7, 11) is 0. The molecule has 2 aromatic rings. The molecule has 0 aliphatic carbocycles. The summed E-state index contributed by atoms with van der Waals surface area (Å²) in [6.07, 6.45) is 3.40. The van der Waals surface area contributed by atoms with Crippen LogP contribution in [-0.2, 0) is 5.54 Å². The number of anilines is 1. The van der Waals surface area contributed by atoms with E-state index in [0.717, 1.165) is 15.7 Å². The molecule has 0 amide bonds. The average Bonchev–Trinajstić information content (AvgIpc) is 2.42. The summed E-state index contributed by atoms with van der Waals surface area (Å²) in [6, 6.07) is 13.7. The molecule has 0 radical (unpaired) electrons. The summed E-state index contributed by atoms with van der Waals surface area (Å²) < 4.78 is 1.01. The molecule has 0 saturated heterocycles. The Morgan fingerprint density at radius 1 is 1.28 bits per heavy atom. The van der Waals surface area contributed by atoms with Crippen LogP contribution in [0, 0.1) is 11.3 Å². The molecule has 0 bridgehead atoms. The molecule has 2 rings (SSSR count). The first kappa shape index (κ1) is 12.6. The van der Waals surface area contributed by atoms with Crippen LogP contribution in [0.1, 0.15) is 12.5 Å². The van der Waals surface area contributed by atoms with Crippen LogP contribution in [0.3, 0.4) is 0 Å². The van der Waals surface area contributed by atoms with Crippen LogP contribution in [0.15, 0.2) is 53.3 Å². The van der Waals surface area contributed by atoms with Crippen molar-refractivity contribution in [3.63, 3.8) is 0 Å². The second-order valence-corrected chi connectivity index (χ2v) is 5.03. The average molecular weight is 302 g/mol. The predicted octanol–water partition coefficient (Wildman–Crippen LogP) is 3.69. The van der Waals surface area contributed by atoms with Crippen LogP contribution in [0.25, 0.3) is 0 Å². The van der Waals surface area contributed by atoms with Gasteiger partial charge in [-0.25, -0.2) is 0 Å². The van der Waals surface area contributed by atoms with E-state index in [9.17, 15) is 5.26 Å². The first-order chi connectivity index (χ1) is 8.64. The summed E-state index contributed by atoms with van der Waals surface area (Å²) in [5, 5.41) is 12.6. The largest absolute Gasteiger partial charge is 0.364 e. The van der Waals surface area contributed by atoms with Crippen molar-refractivity contribution in [3.05, 3.63) is 58.8 Å². The van der Waals surface area contributed by atoms with Gasteiger partial charge in [0.15, 0.2) is 0 Å². The summed E-state index contributed by atoms with van der Waals surface area (Å²) in [5.74, 6) is 0. The number of benzene rings is 1. The van der Waals surface area contributed by atoms with E-state index in [-0.39, 0.29) is 0 Å². The van der Waals surface area contributed by atoms with Crippen molar-refractivity contribution in [2.45, 2.75) is 12.5 Å². The van der Waals surface area contributed by atoms with Crippen molar-refractivity contribution in [1.29, 1.82) is 5.26 Å². The van der Waals surface area contributed by atoms with Crippen LogP contribution >= 0.6 is 15.9 Å². The number of aromatic nitrogens is 1. The predicted molar refractivity (Wildman–Crippen MR) is 75.0 cm³/mol. The van der Waals surface area contributed by atoms with Gasteiger partial charge in [0, 0.05) is 28.1 Å². The Labute approximate surface area is 115 Å². The summed E-state index contributed by atoms with van der Waals surface area (Å²) in [5.41, 5.74) is 0.948. The van der Waals surface area contributed by atoms with Gasteiger partial charge in [-0.05, 0) is 37.3 Å². The zero-order valence-corrected chi connectivity index (χ0v) is 11.5. The quantitative estimate of drug-likeness (QED) is 0.940. The van der Waals surface area contributed by atoms with Gasteiger partial charge in [-0.2, -0.15) is 5.26 Å². The van der Waals surface area contributed by atoms with Gasteiger partial charge in [-0.15, -0.1) is 0 Å². The second-order valence-electron chi connectivity index (χ2n) is 4.11. The molecular weight excluding hydrogens is 290 g/mol. The topological polar surface area (TPSA) is 48.7 Å². The van der Waals surface area contributed by atoms with Gasteiger partial charge in [0.25, 0.3) is 0 Å². The summed E-state index contributed by atoms with van der Waals surface area (Å²) in [6.45, 7) is 1.84. The molecule has 0 saturated carbocycles. The highest BCUT2D eigenvalue weighted by molar-refractivity contribution is 9.10. The number of hydrogen-bond donors (Lipinski definition) is 1. The van der Waals surface area contributed by atoms with Gasteiger partial charge in [0.2, 0.25) is 0 Å². The Hall–Kier alpha value is -1.86. The van der Waals surface area contributed by atoms with E-state index in [1.807, 2.05) is 43.3 Å². The monoisotopic (exact) mass is 301 g/mol. The highest BCUT2D eigenvalue weighted by Crippen LogP contribution is 2.25. The van der Waals surface area contributed by atoms with E-state index in [0.29, 0.717) is 0 Å². The molecule has 0 fully saturated rings. The maximum atomic E-state index is 9.41. The normalized spacial score (nSPS) is 13.4. The number of rotatable bonds is 3. The molecule has 1 unspecified atom stereocenters.